The minimum Gasteiger partial charge on any atom is -0.233 e. The van der Waals surface area contributed by atoms with Crippen LogP contribution in [0.1, 0.15) is 6.42 Å². The van der Waals surface area contributed by atoms with Crippen LogP contribution in [0.2, 0.25) is 0 Å². The minimum atomic E-state index is -4.30. The molecule has 1 fully saturated rings. The maximum absolute atomic E-state index is 12.8. The van der Waals surface area contributed by atoms with E-state index in [4.69, 9.17) is 0 Å². The number of halogens is 4. The first kappa shape index (κ1) is 9.76. The van der Waals surface area contributed by atoms with E-state index in [1.165, 1.54) is 0 Å². The number of hydrogen-bond donors (Lipinski definition) is 0. The van der Waals surface area contributed by atoms with Crippen LogP contribution in [-0.4, -0.2) is 31.8 Å². The Morgan fingerprint density at radius 2 is 1.92 bits per heavy atom. The highest BCUT2D eigenvalue weighted by Crippen LogP contribution is 2.40. The first-order valence-electron chi connectivity index (χ1n) is 3.13. The average Bonchev–Trinajstić information content (AvgIpc) is 2.15. The molecule has 0 radical (unpaired) electrons. The van der Waals surface area contributed by atoms with Crippen molar-refractivity contribution in [2.45, 2.75) is 24.0 Å². The van der Waals surface area contributed by atoms with Crippen LogP contribution in [0, 0.1) is 0 Å². The number of sulfone groups is 1. The molecule has 72 valence electrons. The van der Waals surface area contributed by atoms with Gasteiger partial charge in [0.2, 0.25) is 11.2 Å². The number of rotatable bonds is 1. The molecule has 0 saturated carbocycles. The lowest BCUT2D eigenvalue weighted by Crippen LogP contribution is -2.39. The predicted octanol–water partition coefficient (Wildman–Crippen LogP) is 1.07. The van der Waals surface area contributed by atoms with Crippen molar-refractivity contribution in [1.29, 1.82) is 0 Å². The third kappa shape index (κ3) is 1.19. The smallest absolute Gasteiger partial charge is 0.233 e. The van der Waals surface area contributed by atoms with Crippen molar-refractivity contribution in [3.63, 3.8) is 0 Å². The molecule has 2 atom stereocenters. The van der Waals surface area contributed by atoms with Gasteiger partial charge in [-0.1, -0.05) is 0 Å². The normalized spacial score (nSPS) is 40.6. The van der Waals surface area contributed by atoms with Crippen LogP contribution in [0.25, 0.3) is 0 Å². The summed E-state index contributed by atoms with van der Waals surface area (Å²) < 4.78 is 70.1. The molecular formula is C5H6F4O2S. The van der Waals surface area contributed by atoms with E-state index < -0.39 is 39.6 Å². The Balaban J connectivity index is 3.01. The molecule has 2 nitrogen and oxygen atoms in total. The van der Waals surface area contributed by atoms with Crippen molar-refractivity contribution in [3.8, 4) is 0 Å². The first-order valence-corrected chi connectivity index (χ1v) is 4.85. The van der Waals surface area contributed by atoms with Crippen LogP contribution in [0.5, 0.6) is 0 Å². The Morgan fingerprint density at radius 3 is 2.08 bits per heavy atom. The summed E-state index contributed by atoms with van der Waals surface area (Å²) in [4.78, 5) is 0. The Labute approximate surface area is 66.5 Å². The zero-order valence-corrected chi connectivity index (χ0v) is 6.62. The quantitative estimate of drug-likeness (QED) is 0.601. The first-order chi connectivity index (χ1) is 5.31. The Bertz CT molecular complexity index is 275. The molecule has 0 aliphatic carbocycles. The zero-order valence-electron chi connectivity index (χ0n) is 5.81. The molecule has 1 aliphatic heterocycles. The molecule has 1 saturated heterocycles. The van der Waals surface area contributed by atoms with Gasteiger partial charge >= 0.3 is 0 Å². The molecule has 2 unspecified atom stereocenters. The molecule has 0 bridgehead atoms. The molecule has 0 aromatic heterocycles. The largest absolute Gasteiger partial charge is 0.276 e. The van der Waals surface area contributed by atoms with E-state index in [0.29, 0.717) is 0 Å². The molecular weight excluding hydrogens is 200 g/mol. The molecule has 0 aromatic rings. The van der Waals surface area contributed by atoms with Gasteiger partial charge in [0.15, 0.2) is 9.84 Å². The fourth-order valence-corrected chi connectivity index (χ4v) is 2.64. The van der Waals surface area contributed by atoms with Crippen molar-refractivity contribution in [2.75, 3.05) is 5.75 Å². The second-order valence-corrected chi connectivity index (χ2v) is 4.81. The van der Waals surface area contributed by atoms with Crippen molar-refractivity contribution < 1.29 is 26.0 Å². The van der Waals surface area contributed by atoms with Crippen LogP contribution in [0.3, 0.4) is 0 Å². The van der Waals surface area contributed by atoms with Crippen LogP contribution in [-0.2, 0) is 9.84 Å². The molecule has 12 heavy (non-hydrogen) atoms. The lowest BCUT2D eigenvalue weighted by atomic mass is 10.1. The standard InChI is InChI=1S/C5H6F4O2S/c6-3(7)5(9)1-2-12(10,11)4(5)8/h3-4H,1-2H2. The van der Waals surface area contributed by atoms with E-state index in [9.17, 15) is 26.0 Å². The lowest BCUT2D eigenvalue weighted by Gasteiger charge is -2.18. The summed E-state index contributed by atoms with van der Waals surface area (Å²) in [5.74, 6) is -0.852. The van der Waals surface area contributed by atoms with Gasteiger partial charge in [-0.25, -0.2) is 26.0 Å². The van der Waals surface area contributed by atoms with Crippen molar-refractivity contribution >= 4 is 9.84 Å². The SMILES string of the molecule is O=S1(=O)CCC(F)(C(F)F)C1F. The molecule has 0 N–H and O–H groups in total. The molecule has 1 rings (SSSR count). The van der Waals surface area contributed by atoms with Crippen LogP contribution < -0.4 is 0 Å². The van der Waals surface area contributed by atoms with E-state index in [2.05, 4.69) is 0 Å². The van der Waals surface area contributed by atoms with E-state index in [1.54, 1.807) is 0 Å². The van der Waals surface area contributed by atoms with E-state index >= 15 is 0 Å². The van der Waals surface area contributed by atoms with Crippen LogP contribution in [0.15, 0.2) is 0 Å². The zero-order chi connectivity index (χ0) is 9.57. The van der Waals surface area contributed by atoms with Gasteiger partial charge in [0, 0.05) is 6.42 Å². The molecule has 0 aromatic carbocycles. The van der Waals surface area contributed by atoms with Gasteiger partial charge in [-0.15, -0.1) is 0 Å². The molecule has 0 spiro atoms. The minimum absolute atomic E-state index is 0.852. The number of hydrogen-bond acceptors (Lipinski definition) is 2. The summed E-state index contributed by atoms with van der Waals surface area (Å²) in [6.45, 7) is 0. The van der Waals surface area contributed by atoms with E-state index in [0.717, 1.165) is 0 Å². The van der Waals surface area contributed by atoms with Gasteiger partial charge in [0.25, 0.3) is 6.43 Å². The van der Waals surface area contributed by atoms with Gasteiger partial charge in [-0.05, 0) is 0 Å². The summed E-state index contributed by atoms with van der Waals surface area (Å²) >= 11 is 0. The molecule has 1 heterocycles. The fraction of sp³-hybridized carbons (Fsp3) is 1.00. The fourth-order valence-electron chi connectivity index (χ4n) is 1.02. The van der Waals surface area contributed by atoms with Crippen molar-refractivity contribution in [3.05, 3.63) is 0 Å². The molecule has 1 aliphatic rings. The average molecular weight is 206 g/mol. The van der Waals surface area contributed by atoms with Gasteiger partial charge < -0.3 is 0 Å². The predicted molar refractivity (Wildman–Crippen MR) is 33.1 cm³/mol. The summed E-state index contributed by atoms with van der Waals surface area (Å²) in [6.07, 6.45) is -4.56. The highest BCUT2D eigenvalue weighted by Gasteiger charge is 2.59. The Morgan fingerprint density at radius 1 is 1.42 bits per heavy atom. The maximum Gasteiger partial charge on any atom is 0.276 e. The highest BCUT2D eigenvalue weighted by molar-refractivity contribution is 7.92. The molecule has 0 amide bonds. The number of alkyl halides is 4. The Kier molecular flexibility index (Phi) is 2.10. The summed E-state index contributed by atoms with van der Waals surface area (Å²) in [5.41, 5.74) is -6.58. The monoisotopic (exact) mass is 206 g/mol. The van der Waals surface area contributed by atoms with Crippen molar-refractivity contribution in [1.82, 2.24) is 0 Å². The second kappa shape index (κ2) is 2.58. The van der Waals surface area contributed by atoms with Gasteiger partial charge in [0.1, 0.15) is 0 Å². The van der Waals surface area contributed by atoms with Crippen molar-refractivity contribution in [2.24, 2.45) is 0 Å². The summed E-state index contributed by atoms with van der Waals surface area (Å²) in [7, 11) is -4.30. The van der Waals surface area contributed by atoms with E-state index in [-0.39, 0.29) is 0 Å². The molecule has 7 heteroatoms. The van der Waals surface area contributed by atoms with Gasteiger partial charge in [-0.3, -0.25) is 0 Å². The topological polar surface area (TPSA) is 34.1 Å². The third-order valence-electron chi connectivity index (χ3n) is 1.83. The third-order valence-corrected chi connectivity index (χ3v) is 3.62. The summed E-state index contributed by atoms with van der Waals surface area (Å²) in [6, 6.07) is 0. The van der Waals surface area contributed by atoms with E-state index in [1.807, 2.05) is 0 Å². The van der Waals surface area contributed by atoms with Gasteiger partial charge in [0.05, 0.1) is 5.75 Å². The Hall–Kier alpha value is -0.330. The second-order valence-electron chi connectivity index (χ2n) is 2.66. The van der Waals surface area contributed by atoms with Crippen LogP contribution in [0.4, 0.5) is 17.6 Å². The highest BCUT2D eigenvalue weighted by atomic mass is 32.2. The maximum atomic E-state index is 12.8. The summed E-state index contributed by atoms with van der Waals surface area (Å²) in [5, 5.41) is 0. The lowest BCUT2D eigenvalue weighted by molar-refractivity contribution is -0.0559. The van der Waals surface area contributed by atoms with Gasteiger partial charge in [-0.2, -0.15) is 0 Å². The van der Waals surface area contributed by atoms with Crippen LogP contribution >= 0.6 is 0 Å².